The minimum atomic E-state index is -0.311. The topological polar surface area (TPSA) is 0 Å². The zero-order chi connectivity index (χ0) is 5.98. The summed E-state index contributed by atoms with van der Waals surface area (Å²) in [6.45, 7) is 0. The summed E-state index contributed by atoms with van der Waals surface area (Å²) in [6, 6.07) is 6.43. The van der Waals surface area contributed by atoms with E-state index in [-0.39, 0.29) is 26.9 Å². The molecule has 0 saturated heterocycles. The van der Waals surface area contributed by atoms with Gasteiger partial charge in [0.1, 0.15) is 0 Å². The van der Waals surface area contributed by atoms with Crippen molar-refractivity contribution in [2.45, 2.75) is 0 Å². The van der Waals surface area contributed by atoms with E-state index in [2.05, 4.69) is 6.07 Å². The summed E-state index contributed by atoms with van der Waals surface area (Å²) >= 11 is 5.39. The molecule has 0 aliphatic rings. The van der Waals surface area contributed by atoms with E-state index in [0.29, 0.717) is 5.02 Å². The SMILES string of the molecule is Fc1c[c-]c(Cl)cc1.[W]. The third-order valence-corrected chi connectivity index (χ3v) is 0.972. The van der Waals surface area contributed by atoms with E-state index in [1.54, 1.807) is 0 Å². The van der Waals surface area contributed by atoms with Gasteiger partial charge in [0.05, 0.1) is 0 Å². The van der Waals surface area contributed by atoms with Crippen LogP contribution in [0.4, 0.5) is 4.39 Å². The largest absolute Gasteiger partial charge is 0.284 e. The molecule has 1 rings (SSSR count). The Labute approximate surface area is 72.3 Å². The minimum Gasteiger partial charge on any atom is -0.284 e. The van der Waals surface area contributed by atoms with Crippen LogP contribution in [0.5, 0.6) is 0 Å². The van der Waals surface area contributed by atoms with E-state index in [0.717, 1.165) is 0 Å². The van der Waals surface area contributed by atoms with Gasteiger partial charge in [0.15, 0.2) is 0 Å². The van der Waals surface area contributed by atoms with Crippen LogP contribution in [0, 0.1) is 11.9 Å². The van der Waals surface area contributed by atoms with Crippen LogP contribution in [0.25, 0.3) is 0 Å². The molecule has 0 saturated carbocycles. The summed E-state index contributed by atoms with van der Waals surface area (Å²) in [5.74, 6) is -0.311. The summed E-state index contributed by atoms with van der Waals surface area (Å²) in [5.41, 5.74) is 0. The van der Waals surface area contributed by atoms with Crippen molar-refractivity contribution in [1.82, 2.24) is 0 Å². The number of hydrogen-bond acceptors (Lipinski definition) is 0. The number of benzene rings is 1. The first kappa shape index (κ1) is 9.13. The molecule has 0 amide bonds. The van der Waals surface area contributed by atoms with Crippen LogP contribution < -0.4 is 0 Å². The zero-order valence-corrected chi connectivity index (χ0v) is 8.09. The van der Waals surface area contributed by atoms with Gasteiger partial charge in [-0.3, -0.25) is 4.39 Å². The first-order valence-electron chi connectivity index (χ1n) is 2.12. The van der Waals surface area contributed by atoms with Gasteiger partial charge in [0, 0.05) is 26.9 Å². The van der Waals surface area contributed by atoms with Crippen molar-refractivity contribution in [1.29, 1.82) is 0 Å². The third kappa shape index (κ3) is 2.98. The average molecular weight is 313 g/mol. The predicted molar refractivity (Wildman–Crippen MR) is 30.2 cm³/mol. The fourth-order valence-corrected chi connectivity index (χ4v) is 0.504. The molecule has 1 aromatic carbocycles. The van der Waals surface area contributed by atoms with Crippen molar-refractivity contribution < 1.29 is 25.5 Å². The van der Waals surface area contributed by atoms with Gasteiger partial charge in [-0.1, -0.05) is 5.02 Å². The molecule has 0 aromatic heterocycles. The van der Waals surface area contributed by atoms with E-state index in [4.69, 9.17) is 11.6 Å². The second-order valence-corrected chi connectivity index (χ2v) is 1.76. The van der Waals surface area contributed by atoms with Gasteiger partial charge in [0.2, 0.25) is 0 Å². The predicted octanol–water partition coefficient (Wildman–Crippen LogP) is 2.28. The first-order valence-corrected chi connectivity index (χ1v) is 2.49. The fraction of sp³-hybridized carbons (Fsp3) is 0. The fourth-order valence-electron chi connectivity index (χ4n) is 0.387. The smallest absolute Gasteiger partial charge is 0.00880 e. The maximum atomic E-state index is 12.0. The monoisotopic (exact) mass is 313 g/mol. The number of halogens is 2. The van der Waals surface area contributed by atoms with Crippen LogP contribution in [-0.2, 0) is 21.1 Å². The van der Waals surface area contributed by atoms with Crippen molar-refractivity contribution in [3.05, 3.63) is 35.1 Å². The summed E-state index contributed by atoms with van der Waals surface area (Å²) < 4.78 is 12.0. The Morgan fingerprint density at radius 3 is 2.44 bits per heavy atom. The van der Waals surface area contributed by atoms with Crippen LogP contribution in [-0.4, -0.2) is 0 Å². The molecular weight excluding hydrogens is 310 g/mol. The molecule has 1 aromatic rings. The standard InChI is InChI=1S/C6H3ClF.W/c7-5-1-3-6(8)4-2-5;/h1,3-4H;/q-1;. The van der Waals surface area contributed by atoms with E-state index >= 15 is 0 Å². The first-order chi connectivity index (χ1) is 3.79. The molecule has 0 atom stereocenters. The molecule has 0 bridgehead atoms. The Morgan fingerprint density at radius 2 is 2.11 bits per heavy atom. The molecule has 0 unspecified atom stereocenters. The van der Waals surface area contributed by atoms with Gasteiger partial charge in [-0.15, -0.1) is 29.8 Å². The van der Waals surface area contributed by atoms with Crippen LogP contribution in [0.2, 0.25) is 5.02 Å². The van der Waals surface area contributed by atoms with Crippen molar-refractivity contribution in [2.75, 3.05) is 0 Å². The van der Waals surface area contributed by atoms with Gasteiger partial charge in [0.25, 0.3) is 0 Å². The molecule has 0 nitrogen and oxygen atoms in total. The summed E-state index contributed by atoms with van der Waals surface area (Å²) in [7, 11) is 0. The zero-order valence-electron chi connectivity index (χ0n) is 4.40. The van der Waals surface area contributed by atoms with Crippen molar-refractivity contribution in [2.24, 2.45) is 0 Å². The average Bonchev–Trinajstić information content (AvgIpc) is 1.77. The van der Waals surface area contributed by atoms with Gasteiger partial charge in [-0.2, -0.15) is 6.07 Å². The van der Waals surface area contributed by atoms with E-state index in [1.165, 1.54) is 18.2 Å². The molecule has 0 radical (unpaired) electrons. The van der Waals surface area contributed by atoms with Crippen LogP contribution >= 0.6 is 11.6 Å². The number of rotatable bonds is 0. The third-order valence-electron chi connectivity index (χ3n) is 0.737. The van der Waals surface area contributed by atoms with Crippen molar-refractivity contribution >= 4 is 11.6 Å². The molecule has 3 heteroatoms. The van der Waals surface area contributed by atoms with Crippen LogP contribution in [0.15, 0.2) is 18.2 Å². The second-order valence-electron chi connectivity index (χ2n) is 1.35. The Balaban J connectivity index is 0.000000640. The molecule has 9 heavy (non-hydrogen) atoms. The van der Waals surface area contributed by atoms with E-state index in [1.807, 2.05) is 0 Å². The summed E-state index contributed by atoms with van der Waals surface area (Å²) in [6.07, 6.45) is 0. The van der Waals surface area contributed by atoms with E-state index in [9.17, 15) is 4.39 Å². The molecule has 0 aliphatic carbocycles. The minimum absolute atomic E-state index is 0. The maximum Gasteiger partial charge on any atom is 0.00880 e. The Hall–Kier alpha value is 0.128. The quantitative estimate of drug-likeness (QED) is 0.645. The van der Waals surface area contributed by atoms with Gasteiger partial charge in [-0.25, -0.2) is 0 Å². The molecule has 0 N–H and O–H groups in total. The van der Waals surface area contributed by atoms with Gasteiger partial charge < -0.3 is 0 Å². The Kier molecular flexibility index (Phi) is 4.08. The molecule has 0 heterocycles. The van der Waals surface area contributed by atoms with Crippen LogP contribution in [0.1, 0.15) is 0 Å². The maximum absolute atomic E-state index is 12.0. The van der Waals surface area contributed by atoms with E-state index < -0.39 is 0 Å². The number of hydrogen-bond donors (Lipinski definition) is 0. The molecule has 48 valence electrons. The summed E-state index contributed by atoms with van der Waals surface area (Å²) in [5, 5.41) is 0.436. The normalized spacial score (nSPS) is 8.22. The Morgan fingerprint density at radius 1 is 1.44 bits per heavy atom. The van der Waals surface area contributed by atoms with Crippen molar-refractivity contribution in [3.8, 4) is 0 Å². The van der Waals surface area contributed by atoms with Gasteiger partial charge >= 0.3 is 0 Å². The molecule has 0 spiro atoms. The van der Waals surface area contributed by atoms with Gasteiger partial charge in [-0.05, 0) is 0 Å². The van der Waals surface area contributed by atoms with Crippen LogP contribution in [0.3, 0.4) is 0 Å². The van der Waals surface area contributed by atoms with Crippen molar-refractivity contribution in [3.63, 3.8) is 0 Å². The second kappa shape index (κ2) is 4.03. The summed E-state index contributed by atoms with van der Waals surface area (Å²) in [4.78, 5) is 0. The molecule has 0 fully saturated rings. The Bertz CT molecular complexity index is 152. The molecule has 0 aliphatic heterocycles. The molecular formula is C6H3ClFW-.